The van der Waals surface area contributed by atoms with Crippen LogP contribution in [0.2, 0.25) is 0 Å². The molecule has 1 fully saturated rings. The summed E-state index contributed by atoms with van der Waals surface area (Å²) >= 11 is 1.91. The third kappa shape index (κ3) is 4.40. The molecule has 1 saturated carbocycles. The largest absolute Gasteiger partial charge is 0.314 e. The Morgan fingerprint density at radius 1 is 1.22 bits per heavy atom. The van der Waals surface area contributed by atoms with Crippen molar-refractivity contribution in [1.82, 2.24) is 5.32 Å². The first-order valence-corrected chi connectivity index (χ1v) is 8.54. The van der Waals surface area contributed by atoms with Gasteiger partial charge in [0.05, 0.1) is 0 Å². The molecule has 0 aromatic carbocycles. The zero-order valence-corrected chi connectivity index (χ0v) is 12.5. The molecule has 1 aromatic heterocycles. The number of hydrogen-bond acceptors (Lipinski definition) is 2. The number of likely N-dealkylation sites (N-methyl/N-ethyl adjacent to an activating group) is 1. The third-order valence-electron chi connectivity index (χ3n) is 4.19. The van der Waals surface area contributed by atoms with E-state index in [4.69, 9.17) is 0 Å². The minimum Gasteiger partial charge on any atom is -0.314 e. The average Bonchev–Trinajstić information content (AvgIpc) is 2.81. The predicted octanol–water partition coefficient (Wildman–Crippen LogP) is 4.63. The molecule has 2 rings (SSSR count). The van der Waals surface area contributed by atoms with Gasteiger partial charge in [-0.3, -0.25) is 0 Å². The zero-order chi connectivity index (χ0) is 12.6. The lowest BCUT2D eigenvalue weighted by atomic mass is 9.84. The van der Waals surface area contributed by atoms with Crippen LogP contribution in [0.5, 0.6) is 0 Å². The second kappa shape index (κ2) is 7.96. The van der Waals surface area contributed by atoms with E-state index in [-0.39, 0.29) is 0 Å². The van der Waals surface area contributed by atoms with Gasteiger partial charge in [0, 0.05) is 10.9 Å². The van der Waals surface area contributed by atoms with Crippen molar-refractivity contribution in [3.63, 3.8) is 0 Å². The summed E-state index contributed by atoms with van der Waals surface area (Å²) in [5, 5.41) is 5.95. The molecule has 1 aromatic rings. The van der Waals surface area contributed by atoms with E-state index in [1.54, 1.807) is 4.88 Å². The van der Waals surface area contributed by atoms with Crippen molar-refractivity contribution in [2.75, 3.05) is 6.54 Å². The normalized spacial score (nSPS) is 20.3. The van der Waals surface area contributed by atoms with Crippen molar-refractivity contribution in [3.05, 3.63) is 22.4 Å². The highest BCUT2D eigenvalue weighted by Crippen LogP contribution is 2.27. The quantitative estimate of drug-likeness (QED) is 0.818. The molecule has 1 atom stereocenters. The first-order chi connectivity index (χ1) is 8.90. The molecule has 0 aliphatic heterocycles. The molecule has 1 N–H and O–H groups in total. The van der Waals surface area contributed by atoms with Crippen molar-refractivity contribution < 1.29 is 0 Å². The van der Waals surface area contributed by atoms with Crippen molar-refractivity contribution in [2.45, 2.75) is 64.3 Å². The molecule has 1 heterocycles. The van der Waals surface area contributed by atoms with Gasteiger partial charge in [0.1, 0.15) is 0 Å². The van der Waals surface area contributed by atoms with E-state index in [0.29, 0.717) is 6.04 Å². The Kier molecular flexibility index (Phi) is 6.22. The summed E-state index contributed by atoms with van der Waals surface area (Å²) in [6, 6.07) is 5.17. The maximum Gasteiger partial charge on any atom is 0.0143 e. The van der Waals surface area contributed by atoms with E-state index in [1.807, 2.05) is 11.3 Å². The van der Waals surface area contributed by atoms with Crippen LogP contribution < -0.4 is 5.32 Å². The Morgan fingerprint density at radius 3 is 2.56 bits per heavy atom. The first-order valence-electron chi connectivity index (χ1n) is 7.66. The lowest BCUT2D eigenvalue weighted by molar-refractivity contribution is 0.287. The fourth-order valence-electron chi connectivity index (χ4n) is 3.20. The third-order valence-corrected chi connectivity index (χ3v) is 5.09. The topological polar surface area (TPSA) is 12.0 Å². The van der Waals surface area contributed by atoms with E-state index in [0.717, 1.165) is 12.5 Å². The Morgan fingerprint density at radius 2 is 1.94 bits per heavy atom. The van der Waals surface area contributed by atoms with Crippen LogP contribution in [0.15, 0.2) is 17.5 Å². The van der Waals surface area contributed by atoms with Crippen LogP contribution in [0, 0.1) is 5.92 Å². The second-order valence-corrected chi connectivity index (χ2v) is 6.59. The second-order valence-electron chi connectivity index (χ2n) is 5.55. The Balaban J connectivity index is 1.93. The van der Waals surface area contributed by atoms with Gasteiger partial charge in [0.2, 0.25) is 0 Å². The van der Waals surface area contributed by atoms with Gasteiger partial charge in [0.15, 0.2) is 0 Å². The summed E-state index contributed by atoms with van der Waals surface area (Å²) in [4.78, 5) is 1.54. The van der Waals surface area contributed by atoms with Crippen molar-refractivity contribution in [3.8, 4) is 0 Å². The minimum atomic E-state index is 0.701. The molecule has 1 aliphatic carbocycles. The summed E-state index contributed by atoms with van der Waals surface area (Å²) in [6.07, 6.45) is 11.3. The van der Waals surface area contributed by atoms with Crippen LogP contribution in [0.4, 0.5) is 0 Å². The summed E-state index contributed by atoms with van der Waals surface area (Å²) in [7, 11) is 0. The van der Waals surface area contributed by atoms with Crippen molar-refractivity contribution in [1.29, 1.82) is 0 Å². The molecular formula is C16H27NS. The Bertz CT molecular complexity index is 299. The standard InChI is InChI=1S/C16H27NS/c1-2-17-16(13-15-11-8-12-18-15)14-9-6-4-3-5-7-10-14/h8,11-12,14,16-17H,2-7,9-10,13H2,1H3. The maximum atomic E-state index is 3.75. The van der Waals surface area contributed by atoms with Crippen LogP contribution in [-0.4, -0.2) is 12.6 Å². The molecule has 18 heavy (non-hydrogen) atoms. The van der Waals surface area contributed by atoms with Gasteiger partial charge >= 0.3 is 0 Å². The van der Waals surface area contributed by atoms with Gasteiger partial charge in [0.25, 0.3) is 0 Å². The molecule has 0 spiro atoms. The molecule has 0 radical (unpaired) electrons. The Hall–Kier alpha value is -0.340. The first kappa shape index (κ1) is 14.1. The van der Waals surface area contributed by atoms with Gasteiger partial charge in [-0.25, -0.2) is 0 Å². The summed E-state index contributed by atoms with van der Waals surface area (Å²) in [5.41, 5.74) is 0. The van der Waals surface area contributed by atoms with Crippen LogP contribution >= 0.6 is 11.3 Å². The maximum absolute atomic E-state index is 3.75. The average molecular weight is 265 g/mol. The van der Waals surface area contributed by atoms with E-state index >= 15 is 0 Å². The number of nitrogens with one attached hydrogen (secondary N) is 1. The predicted molar refractivity (Wildman–Crippen MR) is 81.3 cm³/mol. The van der Waals surface area contributed by atoms with Crippen LogP contribution in [0.1, 0.15) is 56.7 Å². The highest BCUT2D eigenvalue weighted by Gasteiger charge is 2.21. The molecule has 0 saturated heterocycles. The minimum absolute atomic E-state index is 0.701. The van der Waals surface area contributed by atoms with Crippen molar-refractivity contribution >= 4 is 11.3 Å². The van der Waals surface area contributed by atoms with Gasteiger partial charge in [-0.2, -0.15) is 0 Å². The molecule has 2 heteroatoms. The molecule has 1 unspecified atom stereocenters. The monoisotopic (exact) mass is 265 g/mol. The van der Waals surface area contributed by atoms with Gasteiger partial charge < -0.3 is 5.32 Å². The Labute approximate surface area is 116 Å². The molecular weight excluding hydrogens is 238 g/mol. The molecule has 102 valence electrons. The highest BCUT2D eigenvalue weighted by atomic mass is 32.1. The molecule has 0 bridgehead atoms. The molecule has 0 amide bonds. The van der Waals surface area contributed by atoms with Crippen LogP contribution in [0.3, 0.4) is 0 Å². The van der Waals surface area contributed by atoms with E-state index < -0.39 is 0 Å². The summed E-state index contributed by atoms with van der Waals surface area (Å²) < 4.78 is 0. The van der Waals surface area contributed by atoms with Gasteiger partial charge in [-0.1, -0.05) is 45.1 Å². The zero-order valence-electron chi connectivity index (χ0n) is 11.7. The fraction of sp³-hybridized carbons (Fsp3) is 0.750. The lowest BCUT2D eigenvalue weighted by Crippen LogP contribution is -2.38. The lowest BCUT2D eigenvalue weighted by Gasteiger charge is -2.29. The summed E-state index contributed by atoms with van der Waals surface area (Å²) in [6.45, 7) is 3.34. The van der Waals surface area contributed by atoms with Crippen LogP contribution in [0.25, 0.3) is 0 Å². The van der Waals surface area contributed by atoms with E-state index in [9.17, 15) is 0 Å². The summed E-state index contributed by atoms with van der Waals surface area (Å²) in [5.74, 6) is 0.896. The van der Waals surface area contributed by atoms with E-state index in [1.165, 1.54) is 51.4 Å². The van der Waals surface area contributed by atoms with Crippen molar-refractivity contribution in [2.24, 2.45) is 5.92 Å². The van der Waals surface area contributed by atoms with Crippen LogP contribution in [-0.2, 0) is 6.42 Å². The van der Waals surface area contributed by atoms with E-state index in [2.05, 4.69) is 29.8 Å². The number of rotatable bonds is 5. The smallest absolute Gasteiger partial charge is 0.0143 e. The fourth-order valence-corrected chi connectivity index (χ4v) is 3.97. The molecule has 1 aliphatic rings. The van der Waals surface area contributed by atoms with Gasteiger partial charge in [-0.05, 0) is 43.2 Å². The molecule has 1 nitrogen and oxygen atoms in total. The highest BCUT2D eigenvalue weighted by molar-refractivity contribution is 7.09. The number of thiophene rings is 1. The van der Waals surface area contributed by atoms with Gasteiger partial charge in [-0.15, -0.1) is 11.3 Å². The SMILES string of the molecule is CCNC(Cc1cccs1)C1CCCCCCC1. The number of hydrogen-bond donors (Lipinski definition) is 1.